The molecule has 0 aliphatic carbocycles. The molecular formula is C17H18N2O2. The Balaban J connectivity index is 1.81. The molecule has 21 heavy (non-hydrogen) atoms. The van der Waals surface area contributed by atoms with Gasteiger partial charge in [0.2, 0.25) is 0 Å². The minimum atomic E-state index is -0.290. The summed E-state index contributed by atoms with van der Waals surface area (Å²) in [6.45, 7) is 3.91. The maximum atomic E-state index is 11.6. The second-order valence-electron chi connectivity index (χ2n) is 4.76. The van der Waals surface area contributed by atoms with Crippen LogP contribution in [-0.4, -0.2) is 18.7 Å². The van der Waals surface area contributed by atoms with Gasteiger partial charge in [-0.25, -0.2) is 5.43 Å². The van der Waals surface area contributed by atoms with Crippen LogP contribution in [-0.2, 0) is 4.79 Å². The molecule has 0 aromatic heterocycles. The third-order valence-corrected chi connectivity index (χ3v) is 2.89. The number of hydrazone groups is 1. The fraction of sp³-hybridized carbons (Fsp3) is 0.176. The zero-order chi connectivity index (χ0) is 15.1. The van der Waals surface area contributed by atoms with E-state index in [1.54, 1.807) is 6.21 Å². The van der Waals surface area contributed by atoms with Crippen molar-refractivity contribution in [1.29, 1.82) is 0 Å². The molecule has 0 aliphatic rings. The third kappa shape index (κ3) is 4.76. The average Bonchev–Trinajstić information content (AvgIpc) is 2.47. The first kappa shape index (κ1) is 14.8. The average molecular weight is 282 g/mol. The van der Waals surface area contributed by atoms with Crippen molar-refractivity contribution >= 4 is 12.1 Å². The first-order chi connectivity index (χ1) is 10.1. The highest BCUT2D eigenvalue weighted by atomic mass is 16.5. The van der Waals surface area contributed by atoms with E-state index >= 15 is 0 Å². The molecule has 0 fully saturated rings. The number of benzene rings is 2. The molecule has 2 aromatic rings. The van der Waals surface area contributed by atoms with Crippen LogP contribution in [0.15, 0.2) is 53.6 Å². The molecule has 0 saturated carbocycles. The van der Waals surface area contributed by atoms with Crippen LogP contribution in [0.3, 0.4) is 0 Å². The van der Waals surface area contributed by atoms with Gasteiger partial charge in [0.05, 0.1) is 6.21 Å². The Morgan fingerprint density at radius 2 is 1.95 bits per heavy atom. The van der Waals surface area contributed by atoms with Crippen molar-refractivity contribution in [3.63, 3.8) is 0 Å². The maximum absolute atomic E-state index is 11.6. The van der Waals surface area contributed by atoms with Crippen molar-refractivity contribution in [1.82, 2.24) is 5.43 Å². The molecule has 0 bridgehead atoms. The van der Waals surface area contributed by atoms with Crippen LogP contribution in [0.2, 0.25) is 0 Å². The van der Waals surface area contributed by atoms with Crippen LogP contribution in [0.1, 0.15) is 16.7 Å². The molecule has 4 heteroatoms. The SMILES string of the molecule is Cc1ccc(OCC(=O)N/N=C/c2ccccc2)c(C)c1. The number of nitrogens with zero attached hydrogens (tertiary/aromatic N) is 1. The van der Waals surface area contributed by atoms with Crippen molar-refractivity contribution < 1.29 is 9.53 Å². The quantitative estimate of drug-likeness (QED) is 0.677. The normalized spacial score (nSPS) is 10.6. The highest BCUT2D eigenvalue weighted by Gasteiger charge is 2.03. The standard InChI is InChI=1S/C17H18N2O2/c1-13-8-9-16(14(2)10-13)21-12-17(20)19-18-11-15-6-4-3-5-7-15/h3-11H,12H2,1-2H3,(H,19,20)/b18-11+. The van der Waals surface area contributed by atoms with E-state index in [2.05, 4.69) is 10.5 Å². The number of carbonyl (C=O) groups excluding carboxylic acids is 1. The summed E-state index contributed by atoms with van der Waals surface area (Å²) in [7, 11) is 0. The van der Waals surface area contributed by atoms with Crippen LogP contribution in [0.4, 0.5) is 0 Å². The van der Waals surface area contributed by atoms with Crippen molar-refractivity contribution in [2.24, 2.45) is 5.10 Å². The van der Waals surface area contributed by atoms with Gasteiger partial charge in [0.15, 0.2) is 6.61 Å². The van der Waals surface area contributed by atoms with Crippen LogP contribution in [0, 0.1) is 13.8 Å². The summed E-state index contributed by atoms with van der Waals surface area (Å²) >= 11 is 0. The van der Waals surface area contributed by atoms with Crippen LogP contribution in [0.25, 0.3) is 0 Å². The molecule has 0 spiro atoms. The Morgan fingerprint density at radius 3 is 2.67 bits per heavy atom. The van der Waals surface area contributed by atoms with E-state index in [0.717, 1.165) is 16.7 Å². The van der Waals surface area contributed by atoms with E-state index in [1.165, 1.54) is 0 Å². The van der Waals surface area contributed by atoms with Gasteiger partial charge in [0.25, 0.3) is 5.91 Å². The fourth-order valence-electron chi connectivity index (χ4n) is 1.85. The van der Waals surface area contributed by atoms with Crippen LogP contribution in [0.5, 0.6) is 5.75 Å². The monoisotopic (exact) mass is 282 g/mol. The number of ether oxygens (including phenoxy) is 1. The van der Waals surface area contributed by atoms with Crippen LogP contribution < -0.4 is 10.2 Å². The van der Waals surface area contributed by atoms with Crippen molar-refractivity contribution in [3.05, 3.63) is 65.2 Å². The summed E-state index contributed by atoms with van der Waals surface area (Å²) in [5.74, 6) is 0.421. The zero-order valence-electron chi connectivity index (χ0n) is 12.2. The van der Waals surface area contributed by atoms with Gasteiger partial charge in [-0.2, -0.15) is 5.10 Å². The Kier molecular flexibility index (Phi) is 5.10. The van der Waals surface area contributed by atoms with Gasteiger partial charge < -0.3 is 4.74 Å². The van der Waals surface area contributed by atoms with Gasteiger partial charge >= 0.3 is 0 Å². The zero-order valence-corrected chi connectivity index (χ0v) is 12.2. The van der Waals surface area contributed by atoms with E-state index in [0.29, 0.717) is 5.75 Å². The summed E-state index contributed by atoms with van der Waals surface area (Å²) in [4.78, 5) is 11.6. The summed E-state index contributed by atoms with van der Waals surface area (Å²) in [5.41, 5.74) is 5.54. The molecule has 0 saturated heterocycles. The Bertz CT molecular complexity index is 636. The van der Waals surface area contributed by atoms with Crippen molar-refractivity contribution in [2.45, 2.75) is 13.8 Å². The molecule has 0 atom stereocenters. The van der Waals surface area contributed by atoms with E-state index in [9.17, 15) is 4.79 Å². The number of amides is 1. The molecule has 2 rings (SSSR count). The molecule has 1 amide bonds. The lowest BCUT2D eigenvalue weighted by molar-refractivity contribution is -0.123. The van der Waals surface area contributed by atoms with E-state index in [-0.39, 0.29) is 12.5 Å². The van der Waals surface area contributed by atoms with Gasteiger partial charge in [-0.3, -0.25) is 4.79 Å². The molecule has 0 aliphatic heterocycles. The summed E-state index contributed by atoms with van der Waals surface area (Å²) in [5, 5.41) is 3.89. The minimum absolute atomic E-state index is 0.0595. The highest BCUT2D eigenvalue weighted by molar-refractivity contribution is 5.82. The Morgan fingerprint density at radius 1 is 1.19 bits per heavy atom. The molecule has 2 aromatic carbocycles. The molecule has 0 unspecified atom stereocenters. The largest absolute Gasteiger partial charge is 0.483 e. The van der Waals surface area contributed by atoms with E-state index < -0.39 is 0 Å². The molecule has 108 valence electrons. The topological polar surface area (TPSA) is 50.7 Å². The third-order valence-electron chi connectivity index (χ3n) is 2.89. The summed E-state index contributed by atoms with van der Waals surface area (Å²) in [6, 6.07) is 15.4. The van der Waals surface area contributed by atoms with Gasteiger partial charge in [-0.15, -0.1) is 0 Å². The molecule has 1 N–H and O–H groups in total. The Hall–Kier alpha value is -2.62. The molecule has 0 radical (unpaired) electrons. The van der Waals surface area contributed by atoms with Crippen LogP contribution >= 0.6 is 0 Å². The number of hydrogen-bond donors (Lipinski definition) is 1. The van der Waals surface area contributed by atoms with Crippen molar-refractivity contribution in [3.8, 4) is 5.75 Å². The van der Waals surface area contributed by atoms with Gasteiger partial charge in [0, 0.05) is 0 Å². The lowest BCUT2D eigenvalue weighted by atomic mass is 10.1. The molecule has 0 heterocycles. The number of rotatable bonds is 5. The summed E-state index contributed by atoms with van der Waals surface area (Å²) in [6.07, 6.45) is 1.59. The number of aryl methyl sites for hydroxylation is 2. The first-order valence-corrected chi connectivity index (χ1v) is 6.72. The van der Waals surface area contributed by atoms with Gasteiger partial charge in [0.1, 0.15) is 5.75 Å². The Labute approximate surface area is 124 Å². The predicted molar refractivity (Wildman–Crippen MR) is 83.6 cm³/mol. The maximum Gasteiger partial charge on any atom is 0.277 e. The lowest BCUT2D eigenvalue weighted by Gasteiger charge is -2.08. The second kappa shape index (κ2) is 7.24. The van der Waals surface area contributed by atoms with Gasteiger partial charge in [-0.1, -0.05) is 48.0 Å². The van der Waals surface area contributed by atoms with E-state index in [1.807, 2.05) is 62.4 Å². The van der Waals surface area contributed by atoms with Gasteiger partial charge in [-0.05, 0) is 31.0 Å². The van der Waals surface area contributed by atoms with E-state index in [4.69, 9.17) is 4.74 Å². The lowest BCUT2D eigenvalue weighted by Crippen LogP contribution is -2.24. The first-order valence-electron chi connectivity index (χ1n) is 6.72. The van der Waals surface area contributed by atoms with Crippen molar-refractivity contribution in [2.75, 3.05) is 6.61 Å². The minimum Gasteiger partial charge on any atom is -0.483 e. The number of carbonyl (C=O) groups is 1. The number of hydrogen-bond acceptors (Lipinski definition) is 3. The number of nitrogens with one attached hydrogen (secondary N) is 1. The fourth-order valence-corrected chi connectivity index (χ4v) is 1.85. The summed E-state index contributed by atoms with van der Waals surface area (Å²) < 4.78 is 5.47. The predicted octanol–water partition coefficient (Wildman–Crippen LogP) is 2.83. The molecule has 4 nitrogen and oxygen atoms in total. The molecular weight excluding hydrogens is 264 g/mol. The highest BCUT2D eigenvalue weighted by Crippen LogP contribution is 2.18. The second-order valence-corrected chi connectivity index (χ2v) is 4.76. The smallest absolute Gasteiger partial charge is 0.277 e.